The van der Waals surface area contributed by atoms with Crippen molar-refractivity contribution in [3.63, 3.8) is 0 Å². The van der Waals surface area contributed by atoms with E-state index in [1.165, 1.54) is 4.70 Å². The fraction of sp³-hybridized carbons (Fsp3) is 0.200. The summed E-state index contributed by atoms with van der Waals surface area (Å²) in [6.07, 6.45) is 0. The number of halogens is 1. The number of benzene rings is 1. The number of guanidine groups is 1. The van der Waals surface area contributed by atoms with E-state index in [4.69, 9.17) is 4.42 Å². The third-order valence-corrected chi connectivity index (χ3v) is 4.32. The third-order valence-electron chi connectivity index (χ3n) is 3.27. The highest BCUT2D eigenvalue weighted by molar-refractivity contribution is 8.93. The largest absolute Gasteiger partial charge is 0.457 e. The zero-order chi connectivity index (χ0) is 14.1. The third kappa shape index (κ3) is 3.00. The molecule has 2 aromatic heterocycles. The van der Waals surface area contributed by atoms with Crippen LogP contribution in [0.15, 0.2) is 45.8 Å². The Morgan fingerprint density at radius 3 is 2.95 bits per heavy atom. The molecule has 3 aromatic rings. The summed E-state index contributed by atoms with van der Waals surface area (Å²) in [5.41, 5.74) is 1.01. The minimum atomic E-state index is 0. The van der Waals surface area contributed by atoms with Gasteiger partial charge in [0.25, 0.3) is 0 Å². The van der Waals surface area contributed by atoms with Crippen molar-refractivity contribution in [2.75, 3.05) is 13.1 Å². The average molecular weight is 379 g/mol. The number of hydrogen-bond acceptors (Lipinski definition) is 6. The van der Waals surface area contributed by atoms with Crippen LogP contribution in [0.3, 0.4) is 0 Å². The molecule has 3 heterocycles. The predicted molar refractivity (Wildman–Crippen MR) is 94.8 cm³/mol. The van der Waals surface area contributed by atoms with Crippen LogP contribution < -0.4 is 10.6 Å². The van der Waals surface area contributed by atoms with Crippen LogP contribution in [-0.4, -0.2) is 24.0 Å². The Balaban J connectivity index is 0.00000144. The van der Waals surface area contributed by atoms with E-state index in [2.05, 4.69) is 26.7 Å². The summed E-state index contributed by atoms with van der Waals surface area (Å²) in [4.78, 5) is 8.89. The number of nitrogens with zero attached hydrogens (tertiary/aromatic N) is 2. The summed E-state index contributed by atoms with van der Waals surface area (Å²) in [5.74, 6) is 2.53. The van der Waals surface area contributed by atoms with Gasteiger partial charge in [-0.05, 0) is 24.3 Å². The van der Waals surface area contributed by atoms with E-state index in [9.17, 15) is 0 Å². The van der Waals surface area contributed by atoms with Crippen LogP contribution in [0, 0.1) is 0 Å². The number of fused-ring (bicyclic) bond motifs is 1. The minimum absolute atomic E-state index is 0. The van der Waals surface area contributed by atoms with Gasteiger partial charge in [-0.3, -0.25) is 4.99 Å². The monoisotopic (exact) mass is 378 g/mol. The zero-order valence-corrected chi connectivity index (χ0v) is 14.2. The highest BCUT2D eigenvalue weighted by atomic mass is 79.9. The van der Waals surface area contributed by atoms with Crippen LogP contribution in [0.5, 0.6) is 0 Å². The smallest absolute Gasteiger partial charge is 0.191 e. The maximum atomic E-state index is 5.86. The Morgan fingerprint density at radius 1 is 1.23 bits per heavy atom. The number of hydrogen-bond donors (Lipinski definition) is 2. The van der Waals surface area contributed by atoms with Gasteiger partial charge >= 0.3 is 0 Å². The first-order chi connectivity index (χ1) is 10.4. The molecule has 4 rings (SSSR count). The van der Waals surface area contributed by atoms with E-state index in [1.807, 2.05) is 30.3 Å². The van der Waals surface area contributed by atoms with Crippen LogP contribution >= 0.6 is 28.3 Å². The molecule has 1 aliphatic rings. The van der Waals surface area contributed by atoms with Crippen molar-refractivity contribution in [1.82, 2.24) is 15.6 Å². The quantitative estimate of drug-likeness (QED) is 0.734. The number of para-hydroxylation sites is 1. The van der Waals surface area contributed by atoms with Gasteiger partial charge in [0.05, 0.1) is 23.3 Å². The molecule has 0 atom stereocenters. The molecular weight excluding hydrogens is 364 g/mol. The molecule has 0 spiro atoms. The van der Waals surface area contributed by atoms with Gasteiger partial charge in [-0.1, -0.05) is 12.1 Å². The van der Waals surface area contributed by atoms with Gasteiger partial charge in [0, 0.05) is 6.54 Å². The standard InChI is InChI=1S/C15H14N4OS.BrH/c1-2-4-13-11(3-1)19-14(21-13)12-6-5-10(20-12)9-18-15-16-7-8-17-15;/h1-6H,7-9H2,(H2,16,17,18);1H. The number of nitrogens with one attached hydrogen (secondary N) is 2. The van der Waals surface area contributed by atoms with Crippen molar-refractivity contribution in [2.24, 2.45) is 4.99 Å². The van der Waals surface area contributed by atoms with Gasteiger partial charge in [-0.2, -0.15) is 0 Å². The maximum Gasteiger partial charge on any atom is 0.191 e. The molecule has 0 radical (unpaired) electrons. The van der Waals surface area contributed by atoms with Gasteiger partial charge < -0.3 is 15.1 Å². The molecule has 0 bridgehead atoms. The second kappa shape index (κ2) is 6.50. The van der Waals surface area contributed by atoms with E-state index in [0.29, 0.717) is 6.54 Å². The van der Waals surface area contributed by atoms with E-state index in [1.54, 1.807) is 11.3 Å². The van der Waals surface area contributed by atoms with Gasteiger partial charge in [-0.15, -0.1) is 28.3 Å². The molecule has 0 amide bonds. The molecule has 0 fully saturated rings. The molecule has 22 heavy (non-hydrogen) atoms. The molecule has 1 aromatic carbocycles. The van der Waals surface area contributed by atoms with Crippen LogP contribution in [0.4, 0.5) is 0 Å². The maximum absolute atomic E-state index is 5.86. The van der Waals surface area contributed by atoms with Crippen molar-refractivity contribution in [3.05, 3.63) is 42.2 Å². The van der Waals surface area contributed by atoms with Crippen molar-refractivity contribution in [3.8, 4) is 10.8 Å². The topological polar surface area (TPSA) is 62.5 Å². The molecule has 0 aliphatic carbocycles. The van der Waals surface area contributed by atoms with Gasteiger partial charge in [0.1, 0.15) is 5.76 Å². The van der Waals surface area contributed by atoms with Crippen LogP contribution in [0.1, 0.15) is 5.76 Å². The highest BCUT2D eigenvalue weighted by Crippen LogP contribution is 2.30. The van der Waals surface area contributed by atoms with Crippen LogP contribution in [0.2, 0.25) is 0 Å². The Kier molecular flexibility index (Phi) is 4.44. The Hall–Kier alpha value is -1.86. The van der Waals surface area contributed by atoms with Gasteiger partial charge in [-0.25, -0.2) is 4.98 Å². The van der Waals surface area contributed by atoms with E-state index < -0.39 is 0 Å². The first-order valence-corrected chi connectivity index (χ1v) is 7.67. The summed E-state index contributed by atoms with van der Waals surface area (Å²) in [6.45, 7) is 2.35. The summed E-state index contributed by atoms with van der Waals surface area (Å²) in [6, 6.07) is 12.1. The molecule has 5 nitrogen and oxygen atoms in total. The lowest BCUT2D eigenvalue weighted by Crippen LogP contribution is -2.33. The van der Waals surface area contributed by atoms with Crippen molar-refractivity contribution in [2.45, 2.75) is 6.54 Å². The minimum Gasteiger partial charge on any atom is -0.457 e. The van der Waals surface area contributed by atoms with Crippen molar-refractivity contribution < 1.29 is 4.42 Å². The number of rotatable bonds is 3. The Bertz CT molecular complexity index is 778. The molecule has 1 aliphatic heterocycles. The van der Waals surface area contributed by atoms with Gasteiger partial charge in [0.15, 0.2) is 16.7 Å². The van der Waals surface area contributed by atoms with Crippen molar-refractivity contribution in [1.29, 1.82) is 0 Å². The molecule has 7 heteroatoms. The molecule has 0 saturated heterocycles. The number of aromatic nitrogens is 1. The lowest BCUT2D eigenvalue weighted by atomic mass is 10.3. The summed E-state index contributed by atoms with van der Waals surface area (Å²) < 4.78 is 7.04. The number of aliphatic imine (C=N–C) groups is 1. The highest BCUT2D eigenvalue weighted by Gasteiger charge is 2.11. The fourth-order valence-electron chi connectivity index (χ4n) is 2.25. The van der Waals surface area contributed by atoms with Crippen molar-refractivity contribution >= 4 is 44.5 Å². The molecule has 0 unspecified atom stereocenters. The van der Waals surface area contributed by atoms with E-state index >= 15 is 0 Å². The number of furan rings is 1. The predicted octanol–water partition coefficient (Wildman–Crippen LogP) is 3.18. The lowest BCUT2D eigenvalue weighted by molar-refractivity contribution is 0.514. The van der Waals surface area contributed by atoms with Crippen LogP contribution in [0.25, 0.3) is 21.0 Å². The molecule has 0 saturated carbocycles. The van der Waals surface area contributed by atoms with Gasteiger partial charge in [0.2, 0.25) is 0 Å². The number of thiazole rings is 1. The average Bonchev–Trinajstić information content (AvgIpc) is 3.24. The second-order valence-corrected chi connectivity index (χ2v) is 5.79. The van der Waals surface area contributed by atoms with Crippen LogP contribution in [-0.2, 0) is 6.54 Å². The molecule has 2 N–H and O–H groups in total. The lowest BCUT2D eigenvalue weighted by Gasteiger charge is -2.03. The Morgan fingerprint density at radius 2 is 2.14 bits per heavy atom. The molecule has 114 valence electrons. The fourth-order valence-corrected chi connectivity index (χ4v) is 3.18. The van der Waals surface area contributed by atoms with E-state index in [-0.39, 0.29) is 17.0 Å². The summed E-state index contributed by atoms with van der Waals surface area (Å²) in [7, 11) is 0. The summed E-state index contributed by atoms with van der Waals surface area (Å²) in [5, 5.41) is 7.30. The second-order valence-electron chi connectivity index (χ2n) is 4.76. The first-order valence-electron chi connectivity index (χ1n) is 6.85. The normalized spacial score (nSPS) is 13.5. The van der Waals surface area contributed by atoms with E-state index in [0.717, 1.165) is 41.1 Å². The Labute approximate surface area is 142 Å². The molecular formula is C15H15BrN4OS. The zero-order valence-electron chi connectivity index (χ0n) is 11.7. The first kappa shape index (κ1) is 15.1. The summed E-state index contributed by atoms with van der Waals surface area (Å²) >= 11 is 1.65. The SMILES string of the molecule is Br.c1ccc2sc(-c3ccc(CNC4=NCCN4)o3)nc2c1.